The molecule has 0 amide bonds. The van der Waals surface area contributed by atoms with Gasteiger partial charge in [0.05, 0.1) is 1.37 Å². The minimum atomic E-state index is -6.18. The SMILES string of the molecule is [2H]C1(F)N(C(F)(F)F)C(F)(F)OC1(F)F. The van der Waals surface area contributed by atoms with E-state index in [0.29, 0.717) is 0 Å². The number of rotatable bonds is 0. The van der Waals surface area contributed by atoms with E-state index in [9.17, 15) is 35.1 Å². The molecule has 1 atom stereocenters. The Bertz CT molecular complexity index is 274. The van der Waals surface area contributed by atoms with Crippen LogP contribution in [0.25, 0.3) is 0 Å². The van der Waals surface area contributed by atoms with E-state index in [1.807, 2.05) is 0 Å². The summed E-state index contributed by atoms with van der Waals surface area (Å²) in [6.45, 7) is 0. The maximum Gasteiger partial charge on any atom is 0.469 e. The van der Waals surface area contributed by atoms with Crippen LogP contribution in [0.5, 0.6) is 0 Å². The van der Waals surface area contributed by atoms with Crippen LogP contribution in [0.4, 0.5) is 35.1 Å². The van der Waals surface area contributed by atoms with Gasteiger partial charge in [0.15, 0.2) is 0 Å². The standard InChI is InChI=1S/C4HF8NO/c5-1-2(6,7)14-4(11,12)13(1)3(8,9)10/h1H/i1D. The fraction of sp³-hybridized carbons (Fsp3) is 1.00. The molecule has 0 aromatic heterocycles. The number of halogens is 8. The third-order valence-corrected chi connectivity index (χ3v) is 1.20. The third-order valence-electron chi connectivity index (χ3n) is 1.20. The van der Waals surface area contributed by atoms with Crippen molar-refractivity contribution in [3.05, 3.63) is 0 Å². The van der Waals surface area contributed by atoms with Crippen molar-refractivity contribution in [1.82, 2.24) is 4.90 Å². The largest absolute Gasteiger partial charge is 0.469 e. The van der Waals surface area contributed by atoms with E-state index in [2.05, 4.69) is 4.74 Å². The first kappa shape index (κ1) is 9.90. The zero-order chi connectivity index (χ0) is 12.3. The number of ether oxygens (including phenoxy) is 1. The van der Waals surface area contributed by atoms with Crippen LogP contribution in [-0.4, -0.2) is 29.8 Å². The second kappa shape index (κ2) is 2.69. The molecule has 10 heteroatoms. The van der Waals surface area contributed by atoms with Crippen molar-refractivity contribution in [2.75, 3.05) is 0 Å². The van der Waals surface area contributed by atoms with E-state index in [1.165, 1.54) is 0 Å². The number of hydrogen-bond donors (Lipinski definition) is 0. The molecule has 0 bridgehead atoms. The molecule has 1 aliphatic rings. The average Bonchev–Trinajstić information content (AvgIpc) is 1.87. The van der Waals surface area contributed by atoms with Gasteiger partial charge in [-0.15, -0.1) is 0 Å². The summed E-state index contributed by atoms with van der Waals surface area (Å²) in [4.78, 5) is -2.60. The van der Waals surface area contributed by atoms with Crippen LogP contribution in [0.1, 0.15) is 1.37 Å². The maximum absolute atomic E-state index is 12.6. The Morgan fingerprint density at radius 1 is 1.21 bits per heavy atom. The molecule has 0 saturated carbocycles. The molecule has 1 fully saturated rings. The van der Waals surface area contributed by atoms with Crippen LogP contribution in [-0.2, 0) is 4.74 Å². The van der Waals surface area contributed by atoms with Crippen LogP contribution in [0.3, 0.4) is 0 Å². The quantitative estimate of drug-likeness (QED) is 0.469. The zero-order valence-electron chi connectivity index (χ0n) is 6.88. The summed E-state index contributed by atoms with van der Waals surface area (Å²) < 4.78 is 105. The van der Waals surface area contributed by atoms with E-state index in [1.54, 1.807) is 0 Å². The topological polar surface area (TPSA) is 12.5 Å². The molecule has 84 valence electrons. The van der Waals surface area contributed by atoms with E-state index >= 15 is 0 Å². The lowest BCUT2D eigenvalue weighted by Gasteiger charge is -2.23. The van der Waals surface area contributed by atoms with Crippen LogP contribution in [0, 0.1) is 0 Å². The molecular weight excluding hydrogens is 230 g/mol. The van der Waals surface area contributed by atoms with Gasteiger partial charge < -0.3 is 0 Å². The number of alkyl halides is 8. The molecule has 1 aliphatic heterocycles. The summed E-state index contributed by atoms with van der Waals surface area (Å²) in [5.41, 5.74) is 0. The monoisotopic (exact) mass is 232 g/mol. The first-order chi connectivity index (χ1) is 6.32. The summed E-state index contributed by atoms with van der Waals surface area (Å²) in [6, 6.07) is 0. The van der Waals surface area contributed by atoms with Crippen LogP contribution < -0.4 is 0 Å². The van der Waals surface area contributed by atoms with Crippen molar-refractivity contribution < 1.29 is 41.2 Å². The molecule has 1 rings (SSSR count). The summed E-state index contributed by atoms with van der Waals surface area (Å²) in [6.07, 6.45) is -22.8. The Kier molecular flexibility index (Phi) is 1.90. The van der Waals surface area contributed by atoms with Crippen molar-refractivity contribution >= 4 is 0 Å². The van der Waals surface area contributed by atoms with E-state index < -0.39 is 29.8 Å². The van der Waals surface area contributed by atoms with Gasteiger partial charge in [-0.05, 0) is 0 Å². The smallest absolute Gasteiger partial charge is 0.237 e. The lowest BCUT2D eigenvalue weighted by atomic mass is 10.5. The molecule has 14 heavy (non-hydrogen) atoms. The van der Waals surface area contributed by atoms with Gasteiger partial charge in [0, 0.05) is 0 Å². The summed E-state index contributed by atoms with van der Waals surface area (Å²) >= 11 is 0. The highest BCUT2D eigenvalue weighted by Gasteiger charge is 2.74. The molecule has 1 heterocycles. The van der Waals surface area contributed by atoms with Crippen molar-refractivity contribution in [2.45, 2.75) is 24.9 Å². The van der Waals surface area contributed by atoms with Crippen molar-refractivity contribution in [1.29, 1.82) is 0 Å². The highest BCUT2D eigenvalue weighted by atomic mass is 19.4. The Labute approximate surface area is 72.4 Å². The number of hydrogen-bond acceptors (Lipinski definition) is 2. The first-order valence-corrected chi connectivity index (χ1v) is 2.84. The molecule has 0 radical (unpaired) electrons. The predicted molar refractivity (Wildman–Crippen MR) is 23.8 cm³/mol. The van der Waals surface area contributed by atoms with Gasteiger partial charge in [0.25, 0.3) is 6.27 Å². The van der Waals surface area contributed by atoms with E-state index in [0.717, 1.165) is 0 Å². The fourth-order valence-corrected chi connectivity index (χ4v) is 0.745. The van der Waals surface area contributed by atoms with Gasteiger partial charge >= 0.3 is 18.6 Å². The molecule has 0 aromatic rings. The van der Waals surface area contributed by atoms with Gasteiger partial charge in [-0.1, -0.05) is 4.90 Å². The normalized spacial score (nSPS) is 38.4. The molecule has 1 saturated heterocycles. The molecule has 0 aliphatic carbocycles. The highest BCUT2D eigenvalue weighted by molar-refractivity contribution is 4.82. The van der Waals surface area contributed by atoms with E-state index in [-0.39, 0.29) is 0 Å². The zero-order valence-corrected chi connectivity index (χ0v) is 5.88. The minimum Gasteiger partial charge on any atom is -0.237 e. The third kappa shape index (κ3) is 1.63. The number of nitrogens with zero attached hydrogens (tertiary/aromatic N) is 1. The summed E-state index contributed by atoms with van der Waals surface area (Å²) in [7, 11) is 0. The lowest BCUT2D eigenvalue weighted by molar-refractivity contribution is -0.402. The van der Waals surface area contributed by atoms with Gasteiger partial charge in [0.2, 0.25) is 0 Å². The molecular formula is C4HF8NO. The van der Waals surface area contributed by atoms with Crippen LogP contribution in [0.2, 0.25) is 0 Å². The molecule has 1 unspecified atom stereocenters. The van der Waals surface area contributed by atoms with Gasteiger partial charge in [0.1, 0.15) is 0 Å². The highest BCUT2D eigenvalue weighted by Crippen LogP contribution is 2.49. The molecule has 0 spiro atoms. The minimum absolute atomic E-state index is 2.27. The first-order valence-electron chi connectivity index (χ1n) is 3.34. The Morgan fingerprint density at radius 3 is 1.79 bits per heavy atom. The van der Waals surface area contributed by atoms with Crippen molar-refractivity contribution in [3.8, 4) is 0 Å². The average molecular weight is 232 g/mol. The van der Waals surface area contributed by atoms with Crippen molar-refractivity contribution in [2.24, 2.45) is 0 Å². The predicted octanol–water partition coefficient (Wildman–Crippen LogP) is 2.28. The summed E-state index contributed by atoms with van der Waals surface area (Å²) in [5.74, 6) is 0. The fourth-order valence-electron chi connectivity index (χ4n) is 0.745. The molecule has 0 N–H and O–H groups in total. The summed E-state index contributed by atoms with van der Waals surface area (Å²) in [5, 5.41) is 0. The van der Waals surface area contributed by atoms with Crippen LogP contribution in [0.15, 0.2) is 0 Å². The van der Waals surface area contributed by atoms with Crippen molar-refractivity contribution in [3.63, 3.8) is 0 Å². The van der Waals surface area contributed by atoms with Gasteiger partial charge in [-0.2, -0.15) is 30.7 Å². The Hall–Kier alpha value is -0.640. The second-order valence-electron chi connectivity index (χ2n) is 2.20. The lowest BCUT2D eigenvalue weighted by Crippen LogP contribution is -2.50. The second-order valence-corrected chi connectivity index (χ2v) is 2.20. The molecule has 2 nitrogen and oxygen atoms in total. The van der Waals surface area contributed by atoms with E-state index in [4.69, 9.17) is 1.37 Å². The Balaban J connectivity index is 3.25. The van der Waals surface area contributed by atoms with Crippen LogP contribution >= 0.6 is 0 Å². The van der Waals surface area contributed by atoms with Gasteiger partial charge in [-0.25, -0.2) is 9.13 Å². The molecule has 0 aromatic carbocycles. The maximum atomic E-state index is 12.6. The van der Waals surface area contributed by atoms with Gasteiger partial charge in [-0.3, -0.25) is 0 Å². The Morgan fingerprint density at radius 2 is 1.64 bits per heavy atom.